The first-order chi connectivity index (χ1) is 9.61. The summed E-state index contributed by atoms with van der Waals surface area (Å²) in [5.74, 6) is 0.0801. The minimum atomic E-state index is -0.433. The molecule has 110 valence electrons. The summed E-state index contributed by atoms with van der Waals surface area (Å²) < 4.78 is 0. The zero-order chi connectivity index (χ0) is 14.5. The van der Waals surface area contributed by atoms with E-state index in [1.807, 2.05) is 35.2 Å². The molecule has 2 atom stereocenters. The Labute approximate surface area is 121 Å². The summed E-state index contributed by atoms with van der Waals surface area (Å²) in [6.07, 6.45) is 0.613. The Morgan fingerprint density at radius 2 is 2.05 bits per heavy atom. The van der Waals surface area contributed by atoms with Gasteiger partial charge >= 0.3 is 0 Å². The molecule has 1 aromatic rings. The lowest BCUT2D eigenvalue weighted by Crippen LogP contribution is -2.56. The second-order valence-corrected chi connectivity index (χ2v) is 5.56. The Kier molecular flexibility index (Phi) is 5.15. The number of benzene rings is 1. The summed E-state index contributed by atoms with van der Waals surface area (Å²) in [6.45, 7) is 7.90. The number of piperazine rings is 1. The molecule has 1 fully saturated rings. The predicted octanol–water partition coefficient (Wildman–Crippen LogP) is 1.11. The Balaban J connectivity index is 1.91. The summed E-state index contributed by atoms with van der Waals surface area (Å²) in [5, 5.41) is 0. The van der Waals surface area contributed by atoms with Crippen LogP contribution in [0.25, 0.3) is 0 Å². The van der Waals surface area contributed by atoms with Crippen molar-refractivity contribution >= 4 is 5.91 Å². The van der Waals surface area contributed by atoms with Gasteiger partial charge in [-0.05, 0) is 25.5 Å². The maximum Gasteiger partial charge on any atom is 0.239 e. The van der Waals surface area contributed by atoms with Crippen molar-refractivity contribution in [3.8, 4) is 0 Å². The molecule has 0 saturated carbocycles. The van der Waals surface area contributed by atoms with Gasteiger partial charge in [0, 0.05) is 25.7 Å². The number of hydrogen-bond donors (Lipinski definition) is 1. The molecular weight excluding hydrogens is 250 g/mol. The van der Waals surface area contributed by atoms with Crippen molar-refractivity contribution in [3.05, 3.63) is 35.9 Å². The Bertz CT molecular complexity index is 435. The third-order valence-corrected chi connectivity index (χ3v) is 4.10. The molecule has 1 aliphatic rings. The van der Waals surface area contributed by atoms with E-state index in [9.17, 15) is 4.79 Å². The monoisotopic (exact) mass is 275 g/mol. The van der Waals surface area contributed by atoms with Crippen LogP contribution in [0, 0.1) is 0 Å². The normalized spacial score (nSPS) is 21.8. The van der Waals surface area contributed by atoms with Gasteiger partial charge < -0.3 is 10.6 Å². The van der Waals surface area contributed by atoms with E-state index in [0.29, 0.717) is 12.5 Å². The molecule has 1 saturated heterocycles. The molecule has 4 heteroatoms. The first-order valence-electron chi connectivity index (χ1n) is 7.44. The van der Waals surface area contributed by atoms with Gasteiger partial charge in [-0.3, -0.25) is 9.69 Å². The van der Waals surface area contributed by atoms with E-state index in [1.54, 1.807) is 0 Å². The van der Waals surface area contributed by atoms with E-state index in [4.69, 9.17) is 5.73 Å². The third-order valence-electron chi connectivity index (χ3n) is 4.10. The van der Waals surface area contributed by atoms with Crippen molar-refractivity contribution in [1.29, 1.82) is 0 Å². The molecule has 0 radical (unpaired) electrons. The lowest BCUT2D eigenvalue weighted by atomic mass is 10.0. The van der Waals surface area contributed by atoms with E-state index in [1.165, 1.54) is 0 Å². The van der Waals surface area contributed by atoms with Crippen LogP contribution in [0.4, 0.5) is 0 Å². The van der Waals surface area contributed by atoms with Gasteiger partial charge in [0.1, 0.15) is 0 Å². The molecular formula is C16H25N3O. The number of nitrogens with zero attached hydrogens (tertiary/aromatic N) is 2. The molecule has 1 aromatic carbocycles. The summed E-state index contributed by atoms with van der Waals surface area (Å²) in [7, 11) is 0. The second kappa shape index (κ2) is 6.86. The van der Waals surface area contributed by atoms with Gasteiger partial charge in [-0.15, -0.1) is 0 Å². The minimum absolute atomic E-state index is 0.0801. The Morgan fingerprint density at radius 1 is 1.35 bits per heavy atom. The van der Waals surface area contributed by atoms with Crippen molar-refractivity contribution in [2.75, 3.05) is 26.2 Å². The average molecular weight is 275 g/mol. The summed E-state index contributed by atoms with van der Waals surface area (Å²) in [4.78, 5) is 16.7. The molecule has 0 bridgehead atoms. The van der Waals surface area contributed by atoms with E-state index in [-0.39, 0.29) is 5.91 Å². The van der Waals surface area contributed by atoms with Gasteiger partial charge in [-0.25, -0.2) is 0 Å². The Morgan fingerprint density at radius 3 is 2.65 bits per heavy atom. The summed E-state index contributed by atoms with van der Waals surface area (Å²) >= 11 is 0. The smallest absolute Gasteiger partial charge is 0.239 e. The quantitative estimate of drug-likeness (QED) is 0.895. The number of carbonyl (C=O) groups excluding carboxylic acids is 1. The molecule has 0 spiro atoms. The van der Waals surface area contributed by atoms with Crippen LogP contribution in [-0.2, 0) is 11.2 Å². The van der Waals surface area contributed by atoms with Gasteiger partial charge in [0.25, 0.3) is 0 Å². The van der Waals surface area contributed by atoms with Gasteiger partial charge in [-0.1, -0.05) is 37.3 Å². The zero-order valence-corrected chi connectivity index (χ0v) is 12.5. The van der Waals surface area contributed by atoms with Crippen LogP contribution in [0.15, 0.2) is 30.3 Å². The molecule has 1 heterocycles. The number of nitrogens with two attached hydrogens (primary N) is 1. The highest BCUT2D eigenvalue weighted by molar-refractivity contribution is 5.82. The molecule has 4 nitrogen and oxygen atoms in total. The maximum absolute atomic E-state index is 12.4. The highest BCUT2D eigenvalue weighted by Gasteiger charge is 2.28. The van der Waals surface area contributed by atoms with Crippen LogP contribution in [0.3, 0.4) is 0 Å². The van der Waals surface area contributed by atoms with Crippen LogP contribution < -0.4 is 5.73 Å². The van der Waals surface area contributed by atoms with Crippen LogP contribution in [0.1, 0.15) is 19.4 Å². The third kappa shape index (κ3) is 3.58. The molecule has 2 N–H and O–H groups in total. The highest BCUT2D eigenvalue weighted by atomic mass is 16.2. The Hall–Kier alpha value is -1.39. The fourth-order valence-electron chi connectivity index (χ4n) is 2.86. The number of amides is 1. The molecule has 20 heavy (non-hydrogen) atoms. The number of carbonyl (C=O) groups is 1. The van der Waals surface area contributed by atoms with Gasteiger partial charge in [-0.2, -0.15) is 0 Å². The van der Waals surface area contributed by atoms with E-state index >= 15 is 0 Å². The molecule has 1 aliphatic heterocycles. The van der Waals surface area contributed by atoms with Crippen LogP contribution >= 0.6 is 0 Å². The van der Waals surface area contributed by atoms with E-state index in [2.05, 4.69) is 18.7 Å². The van der Waals surface area contributed by atoms with Gasteiger partial charge in [0.15, 0.2) is 0 Å². The topological polar surface area (TPSA) is 49.6 Å². The van der Waals surface area contributed by atoms with Crippen LogP contribution in [-0.4, -0.2) is 54.0 Å². The second-order valence-electron chi connectivity index (χ2n) is 5.56. The lowest BCUT2D eigenvalue weighted by molar-refractivity contribution is -0.135. The van der Waals surface area contributed by atoms with Crippen molar-refractivity contribution < 1.29 is 4.79 Å². The largest absolute Gasteiger partial charge is 0.338 e. The minimum Gasteiger partial charge on any atom is -0.338 e. The van der Waals surface area contributed by atoms with Crippen molar-refractivity contribution in [2.45, 2.75) is 32.4 Å². The fourth-order valence-corrected chi connectivity index (χ4v) is 2.86. The average Bonchev–Trinajstić information content (AvgIpc) is 2.47. The molecule has 0 aliphatic carbocycles. The fraction of sp³-hybridized carbons (Fsp3) is 0.562. The molecule has 0 aromatic heterocycles. The lowest BCUT2D eigenvalue weighted by Gasteiger charge is -2.40. The van der Waals surface area contributed by atoms with Gasteiger partial charge in [0.2, 0.25) is 5.91 Å². The van der Waals surface area contributed by atoms with Crippen LogP contribution in [0.2, 0.25) is 0 Å². The highest BCUT2D eigenvalue weighted by Crippen LogP contribution is 2.11. The van der Waals surface area contributed by atoms with Crippen molar-refractivity contribution in [2.24, 2.45) is 5.73 Å². The SMILES string of the molecule is CCN1CCN(C(=O)C(N)Cc2ccccc2)CC1C. The van der Waals surface area contributed by atoms with Crippen molar-refractivity contribution in [1.82, 2.24) is 9.80 Å². The zero-order valence-electron chi connectivity index (χ0n) is 12.5. The standard InChI is InChI=1S/C16H25N3O/c1-3-18-9-10-19(12-13(18)2)16(20)15(17)11-14-7-5-4-6-8-14/h4-8,13,15H,3,9-12,17H2,1-2H3. The summed E-state index contributed by atoms with van der Waals surface area (Å²) in [5.41, 5.74) is 7.21. The number of hydrogen-bond acceptors (Lipinski definition) is 3. The van der Waals surface area contributed by atoms with E-state index < -0.39 is 6.04 Å². The first-order valence-corrected chi connectivity index (χ1v) is 7.44. The number of rotatable bonds is 4. The predicted molar refractivity (Wildman–Crippen MR) is 81.4 cm³/mol. The first kappa shape index (κ1) is 15.0. The van der Waals surface area contributed by atoms with Crippen LogP contribution in [0.5, 0.6) is 0 Å². The molecule has 1 amide bonds. The summed E-state index contributed by atoms with van der Waals surface area (Å²) in [6, 6.07) is 9.96. The van der Waals surface area contributed by atoms with Gasteiger partial charge in [0.05, 0.1) is 6.04 Å². The maximum atomic E-state index is 12.4. The molecule has 2 unspecified atom stereocenters. The number of likely N-dealkylation sites (N-methyl/N-ethyl adjacent to an activating group) is 1. The van der Waals surface area contributed by atoms with Crippen molar-refractivity contribution in [3.63, 3.8) is 0 Å². The van der Waals surface area contributed by atoms with E-state index in [0.717, 1.165) is 31.7 Å². The molecule has 2 rings (SSSR count).